The van der Waals surface area contributed by atoms with E-state index < -0.39 is 0 Å². The maximum atomic E-state index is 12.7. The first-order valence-corrected chi connectivity index (χ1v) is 20.3. The number of fused-ring (bicyclic) bond motifs is 5. The summed E-state index contributed by atoms with van der Waals surface area (Å²) in [5.41, 5.74) is 2.31. The molecule has 0 aliphatic heterocycles. The van der Waals surface area contributed by atoms with Gasteiger partial charge in [0.1, 0.15) is 11.1 Å². The molecule has 1 aromatic heterocycles. The van der Waals surface area contributed by atoms with Crippen molar-refractivity contribution in [2.24, 2.45) is 46.3 Å². The molecule has 0 bridgehead atoms. The molecule has 250 valence electrons. The maximum absolute atomic E-state index is 12.7. The van der Waals surface area contributed by atoms with Crippen molar-refractivity contribution in [2.45, 2.75) is 129 Å². The quantitative estimate of drug-likeness (QED) is 0.0933. The number of rotatable bonds is 14. The maximum Gasteiger partial charge on any atom is 0.306 e. The molecule has 0 unspecified atom stereocenters. The lowest BCUT2D eigenvalue weighted by atomic mass is 9.47. The fourth-order valence-electron chi connectivity index (χ4n) is 10.0. The van der Waals surface area contributed by atoms with Crippen LogP contribution in [0.5, 0.6) is 0 Å². The summed E-state index contributed by atoms with van der Waals surface area (Å²) in [6, 6.07) is 5.84. The van der Waals surface area contributed by atoms with Crippen LogP contribution in [0, 0.1) is 46.3 Å². The molecule has 1 amide bonds. The SMILES string of the molecule is CC(C)CCC[C@@H](C)[C@H]1CC[C@H]2[C@@H]3CC=C4C[C@@H](OC(=O)CCC(=O)NCCSSc5ccccn5)CC[C@]4(C)[C@H]3CC[C@]12C. The Bertz CT molecular complexity index is 1170. The van der Waals surface area contributed by atoms with Crippen LogP contribution in [0.4, 0.5) is 0 Å². The first-order valence-electron chi connectivity index (χ1n) is 18.0. The van der Waals surface area contributed by atoms with Crippen molar-refractivity contribution in [3.05, 3.63) is 36.0 Å². The van der Waals surface area contributed by atoms with Crippen molar-refractivity contribution in [3.8, 4) is 0 Å². The summed E-state index contributed by atoms with van der Waals surface area (Å²) in [6.07, 6.45) is 18.5. The number of amides is 1. The Labute approximate surface area is 281 Å². The summed E-state index contributed by atoms with van der Waals surface area (Å²) in [7, 11) is 3.27. The van der Waals surface area contributed by atoms with E-state index in [2.05, 4.69) is 51.0 Å². The zero-order chi connectivity index (χ0) is 32.0. The molecule has 0 aromatic carbocycles. The Morgan fingerprint density at radius 1 is 1.04 bits per heavy atom. The van der Waals surface area contributed by atoms with E-state index in [0.29, 0.717) is 12.0 Å². The molecule has 5 rings (SSSR count). The third-order valence-electron chi connectivity index (χ3n) is 12.4. The van der Waals surface area contributed by atoms with E-state index in [4.69, 9.17) is 4.74 Å². The molecule has 1 heterocycles. The van der Waals surface area contributed by atoms with E-state index in [0.717, 1.165) is 65.5 Å². The Kier molecular flexibility index (Phi) is 12.1. The van der Waals surface area contributed by atoms with E-state index in [1.54, 1.807) is 33.4 Å². The summed E-state index contributed by atoms with van der Waals surface area (Å²) in [5, 5.41) is 3.89. The number of carbonyl (C=O) groups excluding carboxylic acids is 2. The van der Waals surface area contributed by atoms with Crippen LogP contribution in [0.1, 0.15) is 118 Å². The number of hydrogen-bond acceptors (Lipinski definition) is 6. The minimum atomic E-state index is -0.235. The van der Waals surface area contributed by atoms with Crippen molar-refractivity contribution in [2.75, 3.05) is 12.3 Å². The van der Waals surface area contributed by atoms with Gasteiger partial charge in [0.05, 0.1) is 6.42 Å². The fraction of sp³-hybridized carbons (Fsp3) is 0.763. The van der Waals surface area contributed by atoms with Gasteiger partial charge in [-0.05, 0) is 114 Å². The van der Waals surface area contributed by atoms with Gasteiger partial charge < -0.3 is 10.1 Å². The van der Waals surface area contributed by atoms with Gasteiger partial charge in [-0.2, -0.15) is 0 Å². The topological polar surface area (TPSA) is 68.3 Å². The molecular weight excluding hydrogens is 597 g/mol. The summed E-state index contributed by atoms with van der Waals surface area (Å²) >= 11 is 0. The predicted molar refractivity (Wildman–Crippen MR) is 188 cm³/mol. The van der Waals surface area contributed by atoms with Crippen LogP contribution < -0.4 is 5.32 Å². The van der Waals surface area contributed by atoms with Gasteiger partial charge in [-0.25, -0.2) is 4.98 Å². The van der Waals surface area contributed by atoms with E-state index in [9.17, 15) is 9.59 Å². The highest BCUT2D eigenvalue weighted by molar-refractivity contribution is 8.76. The minimum Gasteiger partial charge on any atom is -0.462 e. The van der Waals surface area contributed by atoms with Gasteiger partial charge in [0.25, 0.3) is 0 Å². The van der Waals surface area contributed by atoms with Gasteiger partial charge in [0.15, 0.2) is 0 Å². The van der Waals surface area contributed by atoms with Gasteiger partial charge in [0, 0.05) is 31.3 Å². The first-order chi connectivity index (χ1) is 21.6. The van der Waals surface area contributed by atoms with Gasteiger partial charge in [-0.1, -0.05) is 82.4 Å². The molecular formula is C38H58N2O3S2. The Morgan fingerprint density at radius 3 is 2.67 bits per heavy atom. The number of esters is 1. The zero-order valence-corrected chi connectivity index (χ0v) is 30.2. The number of ether oxygens (including phenoxy) is 1. The molecule has 4 aliphatic carbocycles. The van der Waals surface area contributed by atoms with Crippen LogP contribution in [-0.4, -0.2) is 35.3 Å². The number of nitrogens with one attached hydrogen (secondary N) is 1. The lowest BCUT2D eigenvalue weighted by molar-refractivity contribution is -0.152. The van der Waals surface area contributed by atoms with Crippen LogP contribution >= 0.6 is 21.6 Å². The average molecular weight is 655 g/mol. The molecule has 45 heavy (non-hydrogen) atoms. The second-order valence-corrected chi connectivity index (χ2v) is 18.0. The van der Waals surface area contributed by atoms with Crippen LogP contribution in [-0.2, 0) is 14.3 Å². The molecule has 0 spiro atoms. The average Bonchev–Trinajstić information content (AvgIpc) is 3.37. The number of allylic oxidation sites excluding steroid dienone is 1. The summed E-state index contributed by atoms with van der Waals surface area (Å²) in [6.45, 7) is 13.1. The molecule has 3 saturated carbocycles. The van der Waals surface area contributed by atoms with Crippen molar-refractivity contribution < 1.29 is 14.3 Å². The molecule has 0 radical (unpaired) electrons. The van der Waals surface area contributed by atoms with Crippen molar-refractivity contribution >= 4 is 33.5 Å². The van der Waals surface area contributed by atoms with E-state index in [1.807, 2.05) is 18.2 Å². The predicted octanol–water partition coefficient (Wildman–Crippen LogP) is 9.67. The number of nitrogens with zero attached hydrogens (tertiary/aromatic N) is 1. The minimum absolute atomic E-state index is 0.0483. The molecule has 7 heteroatoms. The standard InChI is InChI=1S/C38H58N2O3S2/c1-26(2)9-8-10-27(3)31-14-15-32-30-13-12-28-25-29(18-20-37(28,4)33(30)19-21-38(31,32)5)43-36(42)17-16-34(41)39-23-24-44-45-35-11-6-7-22-40-35/h6-7,11-12,22,26-27,29-33H,8-10,13-21,23-25H2,1-5H3,(H,39,41)/t27-,29+,30+,31-,32+,33+,37+,38-/m1/s1. The van der Waals surface area contributed by atoms with Crippen molar-refractivity contribution in [1.82, 2.24) is 10.3 Å². The fourth-order valence-corrected chi connectivity index (χ4v) is 11.8. The zero-order valence-electron chi connectivity index (χ0n) is 28.5. The third kappa shape index (κ3) is 8.34. The van der Waals surface area contributed by atoms with E-state index >= 15 is 0 Å². The largest absolute Gasteiger partial charge is 0.462 e. The van der Waals surface area contributed by atoms with Gasteiger partial charge in [-0.15, -0.1) is 0 Å². The summed E-state index contributed by atoms with van der Waals surface area (Å²) < 4.78 is 5.96. The van der Waals surface area contributed by atoms with Crippen LogP contribution in [0.15, 0.2) is 41.1 Å². The highest BCUT2D eigenvalue weighted by Crippen LogP contribution is 2.67. The summed E-state index contributed by atoms with van der Waals surface area (Å²) in [5.74, 6) is 5.46. The van der Waals surface area contributed by atoms with Gasteiger partial charge >= 0.3 is 5.97 Å². The lowest BCUT2D eigenvalue weighted by Gasteiger charge is -2.58. The van der Waals surface area contributed by atoms with Crippen LogP contribution in [0.3, 0.4) is 0 Å². The first kappa shape index (κ1) is 34.9. The summed E-state index contributed by atoms with van der Waals surface area (Å²) in [4.78, 5) is 29.3. The molecule has 1 N–H and O–H groups in total. The number of pyridine rings is 1. The monoisotopic (exact) mass is 654 g/mol. The number of carbonyl (C=O) groups is 2. The second-order valence-electron chi connectivity index (χ2n) is 15.6. The molecule has 4 aliphatic rings. The molecule has 3 fully saturated rings. The highest BCUT2D eigenvalue weighted by atomic mass is 33.1. The lowest BCUT2D eigenvalue weighted by Crippen LogP contribution is -2.51. The van der Waals surface area contributed by atoms with Crippen LogP contribution in [0.2, 0.25) is 0 Å². The normalized spacial score (nSPS) is 33.0. The van der Waals surface area contributed by atoms with Gasteiger partial charge in [0.2, 0.25) is 5.91 Å². The van der Waals surface area contributed by atoms with E-state index in [-0.39, 0.29) is 36.2 Å². The second kappa shape index (κ2) is 15.6. The Hall–Kier alpha value is -1.47. The van der Waals surface area contributed by atoms with Gasteiger partial charge in [-0.3, -0.25) is 9.59 Å². The smallest absolute Gasteiger partial charge is 0.306 e. The highest BCUT2D eigenvalue weighted by Gasteiger charge is 2.59. The van der Waals surface area contributed by atoms with E-state index in [1.165, 1.54) is 51.4 Å². The molecule has 1 aromatic rings. The number of aromatic nitrogens is 1. The Balaban J connectivity index is 1.05. The number of hydrogen-bond donors (Lipinski definition) is 1. The van der Waals surface area contributed by atoms with Crippen molar-refractivity contribution in [1.29, 1.82) is 0 Å². The molecule has 0 saturated heterocycles. The Morgan fingerprint density at radius 2 is 1.89 bits per heavy atom. The van der Waals surface area contributed by atoms with Crippen molar-refractivity contribution in [3.63, 3.8) is 0 Å². The molecule has 5 nitrogen and oxygen atoms in total. The van der Waals surface area contributed by atoms with Crippen LogP contribution in [0.25, 0.3) is 0 Å². The molecule has 8 atom stereocenters. The third-order valence-corrected chi connectivity index (χ3v) is 14.7.